The Balaban J connectivity index is 1.87. The number of hydrogen-bond donors (Lipinski definition) is 2. The largest absolute Gasteiger partial charge is 0.489 e. The van der Waals surface area contributed by atoms with Gasteiger partial charge in [0, 0.05) is 37.6 Å². The molecule has 25 heavy (non-hydrogen) atoms. The molecule has 2 rings (SSSR count). The summed E-state index contributed by atoms with van der Waals surface area (Å²) < 4.78 is 7.61. The molecule has 6 heteroatoms. The van der Waals surface area contributed by atoms with Gasteiger partial charge in [0.1, 0.15) is 12.4 Å². The third-order valence-corrected chi connectivity index (χ3v) is 3.50. The van der Waals surface area contributed by atoms with Gasteiger partial charge in [-0.25, -0.2) is 4.99 Å². The van der Waals surface area contributed by atoms with Crippen LogP contribution in [0.25, 0.3) is 0 Å². The zero-order valence-corrected chi connectivity index (χ0v) is 14.8. The second-order valence-corrected chi connectivity index (χ2v) is 5.45. The van der Waals surface area contributed by atoms with Gasteiger partial charge in [-0.3, -0.25) is 4.68 Å². The number of ether oxygens (including phenoxy) is 1. The van der Waals surface area contributed by atoms with Crippen molar-refractivity contribution in [1.29, 1.82) is 0 Å². The first kappa shape index (κ1) is 18.6. The van der Waals surface area contributed by atoms with Gasteiger partial charge in [0.05, 0.1) is 6.54 Å². The van der Waals surface area contributed by atoms with Crippen molar-refractivity contribution in [3.8, 4) is 5.75 Å². The molecule has 0 aliphatic heterocycles. The fraction of sp³-hybridized carbons (Fsp3) is 0.368. The Labute approximate surface area is 149 Å². The lowest BCUT2D eigenvalue weighted by Gasteiger charge is -2.12. The molecule has 2 N–H and O–H groups in total. The molecular formula is C19H27N5O. The van der Waals surface area contributed by atoms with E-state index in [1.54, 1.807) is 12.3 Å². The first-order chi connectivity index (χ1) is 12.3. The predicted molar refractivity (Wildman–Crippen MR) is 102 cm³/mol. The van der Waals surface area contributed by atoms with Gasteiger partial charge in [-0.1, -0.05) is 30.9 Å². The van der Waals surface area contributed by atoms with E-state index in [1.807, 2.05) is 41.2 Å². The minimum atomic E-state index is 0.493. The van der Waals surface area contributed by atoms with Crippen LogP contribution in [0.4, 0.5) is 0 Å². The van der Waals surface area contributed by atoms with Crippen molar-refractivity contribution < 1.29 is 4.74 Å². The highest BCUT2D eigenvalue weighted by atomic mass is 16.5. The Kier molecular flexibility index (Phi) is 8.11. The Morgan fingerprint density at radius 1 is 1.32 bits per heavy atom. The van der Waals surface area contributed by atoms with E-state index < -0.39 is 0 Å². The molecule has 0 amide bonds. The minimum Gasteiger partial charge on any atom is -0.489 e. The fourth-order valence-electron chi connectivity index (χ4n) is 2.31. The number of para-hydroxylation sites is 1. The maximum atomic E-state index is 5.68. The van der Waals surface area contributed by atoms with Crippen LogP contribution in [0.1, 0.15) is 18.9 Å². The molecule has 0 bridgehead atoms. The number of benzene rings is 1. The van der Waals surface area contributed by atoms with E-state index >= 15 is 0 Å². The fourth-order valence-corrected chi connectivity index (χ4v) is 2.31. The van der Waals surface area contributed by atoms with Crippen molar-refractivity contribution in [3.05, 3.63) is 60.9 Å². The van der Waals surface area contributed by atoms with Crippen molar-refractivity contribution in [2.75, 3.05) is 19.7 Å². The number of aliphatic imine (C=N–C) groups is 1. The summed E-state index contributed by atoms with van der Waals surface area (Å²) in [7, 11) is 0. The molecule has 0 unspecified atom stereocenters. The molecule has 0 radical (unpaired) electrons. The van der Waals surface area contributed by atoms with Crippen LogP contribution in [-0.4, -0.2) is 35.4 Å². The quantitative estimate of drug-likeness (QED) is 0.302. The highest BCUT2D eigenvalue weighted by molar-refractivity contribution is 5.79. The lowest BCUT2D eigenvalue weighted by atomic mass is 10.2. The van der Waals surface area contributed by atoms with Crippen LogP contribution < -0.4 is 15.4 Å². The summed E-state index contributed by atoms with van der Waals surface area (Å²) in [5.74, 6) is 1.65. The average molecular weight is 341 g/mol. The lowest BCUT2D eigenvalue weighted by molar-refractivity contribution is 0.359. The maximum Gasteiger partial charge on any atom is 0.191 e. The molecular weight excluding hydrogens is 314 g/mol. The monoisotopic (exact) mass is 341 g/mol. The van der Waals surface area contributed by atoms with Gasteiger partial charge < -0.3 is 15.4 Å². The van der Waals surface area contributed by atoms with Crippen LogP contribution in [0.5, 0.6) is 5.75 Å². The van der Waals surface area contributed by atoms with E-state index in [0.717, 1.165) is 43.3 Å². The minimum absolute atomic E-state index is 0.493. The molecule has 134 valence electrons. The summed E-state index contributed by atoms with van der Waals surface area (Å²) >= 11 is 0. The topological polar surface area (TPSA) is 63.5 Å². The smallest absolute Gasteiger partial charge is 0.191 e. The molecule has 0 spiro atoms. The standard InChI is InChI=1S/C19H27N5O/c1-3-15-25-18-10-6-5-9-17(18)16-22-19(20-4-2)21-11-7-13-24-14-8-12-23-24/h3,5-6,8-10,12,14H,1,4,7,11,13,15-16H2,2H3,(H2,20,21,22). The van der Waals surface area contributed by atoms with E-state index in [1.165, 1.54) is 0 Å². The van der Waals surface area contributed by atoms with Crippen LogP contribution in [0.2, 0.25) is 0 Å². The molecule has 0 fully saturated rings. The van der Waals surface area contributed by atoms with Crippen molar-refractivity contribution >= 4 is 5.96 Å². The Bertz CT molecular complexity index is 652. The summed E-state index contributed by atoms with van der Waals surface area (Å²) in [6.45, 7) is 9.33. The Morgan fingerprint density at radius 2 is 2.20 bits per heavy atom. The third-order valence-electron chi connectivity index (χ3n) is 3.50. The van der Waals surface area contributed by atoms with Gasteiger partial charge in [0.25, 0.3) is 0 Å². The number of nitrogens with zero attached hydrogens (tertiary/aromatic N) is 3. The van der Waals surface area contributed by atoms with E-state index in [2.05, 4.69) is 34.2 Å². The first-order valence-electron chi connectivity index (χ1n) is 8.64. The highest BCUT2D eigenvalue weighted by Gasteiger charge is 2.03. The summed E-state index contributed by atoms with van der Waals surface area (Å²) in [4.78, 5) is 4.65. The van der Waals surface area contributed by atoms with Crippen molar-refractivity contribution in [3.63, 3.8) is 0 Å². The molecule has 0 saturated heterocycles. The molecule has 2 aromatic rings. The molecule has 0 aliphatic rings. The van der Waals surface area contributed by atoms with Crippen LogP contribution in [0.15, 0.2) is 60.4 Å². The average Bonchev–Trinajstić information content (AvgIpc) is 3.15. The Morgan fingerprint density at radius 3 is 2.96 bits per heavy atom. The van der Waals surface area contributed by atoms with Crippen molar-refractivity contribution in [2.45, 2.75) is 26.4 Å². The highest BCUT2D eigenvalue weighted by Crippen LogP contribution is 2.18. The van der Waals surface area contributed by atoms with Crippen LogP contribution in [0.3, 0.4) is 0 Å². The van der Waals surface area contributed by atoms with Gasteiger partial charge in [-0.05, 0) is 25.5 Å². The number of nitrogens with one attached hydrogen (secondary N) is 2. The molecule has 0 aliphatic carbocycles. The molecule has 1 aromatic carbocycles. The predicted octanol–water partition coefficient (Wildman–Crippen LogP) is 2.59. The van der Waals surface area contributed by atoms with E-state index in [9.17, 15) is 0 Å². The molecule has 1 aromatic heterocycles. The summed E-state index contributed by atoms with van der Waals surface area (Å²) in [6, 6.07) is 9.88. The second-order valence-electron chi connectivity index (χ2n) is 5.45. The summed E-state index contributed by atoms with van der Waals surface area (Å²) in [6.07, 6.45) is 6.49. The van der Waals surface area contributed by atoms with E-state index in [4.69, 9.17) is 4.74 Å². The molecule has 6 nitrogen and oxygen atoms in total. The van der Waals surface area contributed by atoms with Crippen LogP contribution >= 0.6 is 0 Å². The lowest BCUT2D eigenvalue weighted by Crippen LogP contribution is -2.38. The molecule has 0 atom stereocenters. The van der Waals surface area contributed by atoms with E-state index in [0.29, 0.717) is 13.2 Å². The van der Waals surface area contributed by atoms with Crippen molar-refractivity contribution in [2.24, 2.45) is 4.99 Å². The number of guanidine groups is 1. The SMILES string of the molecule is C=CCOc1ccccc1CN=C(NCC)NCCCn1cccn1. The second kappa shape index (κ2) is 10.9. The van der Waals surface area contributed by atoms with E-state index in [-0.39, 0.29) is 0 Å². The van der Waals surface area contributed by atoms with Gasteiger partial charge in [0.15, 0.2) is 5.96 Å². The maximum absolute atomic E-state index is 5.68. The number of hydrogen-bond acceptors (Lipinski definition) is 3. The van der Waals surface area contributed by atoms with Gasteiger partial charge >= 0.3 is 0 Å². The third kappa shape index (κ3) is 6.71. The van der Waals surface area contributed by atoms with Crippen molar-refractivity contribution in [1.82, 2.24) is 20.4 Å². The molecule has 1 heterocycles. The van der Waals surface area contributed by atoms with Gasteiger partial charge in [-0.2, -0.15) is 5.10 Å². The zero-order chi connectivity index (χ0) is 17.7. The number of aromatic nitrogens is 2. The Hall–Kier alpha value is -2.76. The number of aryl methyl sites for hydroxylation is 1. The van der Waals surface area contributed by atoms with Crippen LogP contribution in [0, 0.1) is 0 Å². The van der Waals surface area contributed by atoms with Gasteiger partial charge in [-0.15, -0.1) is 0 Å². The molecule has 0 saturated carbocycles. The number of rotatable bonds is 10. The summed E-state index contributed by atoms with van der Waals surface area (Å²) in [5, 5.41) is 10.8. The first-order valence-corrected chi connectivity index (χ1v) is 8.64. The van der Waals surface area contributed by atoms with Gasteiger partial charge in [0.2, 0.25) is 0 Å². The summed E-state index contributed by atoms with van der Waals surface area (Å²) in [5.41, 5.74) is 1.05. The normalized spacial score (nSPS) is 11.2. The zero-order valence-electron chi connectivity index (χ0n) is 14.8. The van der Waals surface area contributed by atoms with Crippen LogP contribution in [-0.2, 0) is 13.1 Å².